The number of benzene rings is 2. The van der Waals surface area contributed by atoms with Gasteiger partial charge in [0.2, 0.25) is 0 Å². The highest BCUT2D eigenvalue weighted by Crippen LogP contribution is 2.38. The maximum atomic E-state index is 14.4. The number of thiophene rings is 1. The van der Waals surface area contributed by atoms with Gasteiger partial charge in [0.15, 0.2) is 6.10 Å². The smallest absolute Gasteiger partial charge is 0.268 e. The van der Waals surface area contributed by atoms with Gasteiger partial charge < -0.3 is 14.4 Å². The molecule has 1 atom stereocenters. The number of aryl methyl sites for hydroxylation is 1. The predicted molar refractivity (Wildman–Crippen MR) is 116 cm³/mol. The van der Waals surface area contributed by atoms with Gasteiger partial charge in [-0.15, -0.1) is 11.3 Å². The highest BCUT2D eigenvalue weighted by Gasteiger charge is 2.37. The Bertz CT molecular complexity index is 1170. The summed E-state index contributed by atoms with van der Waals surface area (Å²) in [5.41, 5.74) is 1.22. The number of ether oxygens (including phenoxy) is 2. The van der Waals surface area contributed by atoms with Gasteiger partial charge in [-0.25, -0.2) is 4.39 Å². The van der Waals surface area contributed by atoms with Crippen LogP contribution in [0.1, 0.15) is 15.2 Å². The van der Waals surface area contributed by atoms with Crippen LogP contribution < -0.4 is 9.64 Å². The van der Waals surface area contributed by atoms with Crippen LogP contribution in [0.4, 0.5) is 10.1 Å². The molecule has 0 radical (unpaired) electrons. The second-order valence-corrected chi connectivity index (χ2v) is 8.65. The molecule has 0 N–H and O–H groups in total. The number of morpholine rings is 1. The maximum absolute atomic E-state index is 14.4. The minimum Gasteiger partial charge on any atom is -0.476 e. The molecule has 2 aliphatic rings. The Balaban J connectivity index is 1.51. The number of rotatable bonds is 2. The molecule has 0 aliphatic carbocycles. The van der Waals surface area contributed by atoms with E-state index in [0.29, 0.717) is 53.6 Å². The minimum absolute atomic E-state index is 0.0994. The zero-order valence-electron chi connectivity index (χ0n) is 17.0. The van der Waals surface area contributed by atoms with Gasteiger partial charge in [-0.1, -0.05) is 18.2 Å². The van der Waals surface area contributed by atoms with E-state index in [1.54, 1.807) is 34.9 Å². The van der Waals surface area contributed by atoms with Gasteiger partial charge in [0.1, 0.15) is 11.6 Å². The van der Waals surface area contributed by atoms with Crippen LogP contribution in [-0.2, 0) is 9.53 Å². The number of fused-ring (bicyclic) bond motifs is 2. The van der Waals surface area contributed by atoms with Gasteiger partial charge in [0.25, 0.3) is 11.8 Å². The van der Waals surface area contributed by atoms with Crippen molar-refractivity contribution in [1.29, 1.82) is 0 Å². The van der Waals surface area contributed by atoms with Crippen molar-refractivity contribution in [2.75, 3.05) is 37.7 Å². The molecule has 2 amide bonds. The molecule has 6 nitrogen and oxygen atoms in total. The average Bonchev–Trinajstić information content (AvgIpc) is 3.15. The van der Waals surface area contributed by atoms with E-state index in [1.165, 1.54) is 17.4 Å². The summed E-state index contributed by atoms with van der Waals surface area (Å²) in [6, 6.07) is 12.0. The zero-order chi connectivity index (χ0) is 21.5. The monoisotopic (exact) mass is 440 g/mol. The van der Waals surface area contributed by atoms with Crippen molar-refractivity contribution in [3.8, 4) is 5.75 Å². The molecule has 0 saturated carbocycles. The standard InChI is InChI=1S/C23H21FN2O4S/c1-14-20-15(24)5-4-8-19(20)31-21(14)23(28)26-13-18(22(27)25-9-11-29-12-10-25)30-17-7-3-2-6-16(17)26/h2-8,18H,9-13H2,1H3. The second-order valence-electron chi connectivity index (χ2n) is 7.60. The Labute approximate surface area is 182 Å². The van der Waals surface area contributed by atoms with Crippen LogP contribution in [0.2, 0.25) is 0 Å². The third-order valence-electron chi connectivity index (χ3n) is 5.71. The molecule has 1 unspecified atom stereocenters. The Morgan fingerprint density at radius 3 is 2.65 bits per heavy atom. The van der Waals surface area contributed by atoms with Crippen molar-refractivity contribution in [3.05, 3.63) is 58.7 Å². The number of carbonyl (C=O) groups is 2. The van der Waals surface area contributed by atoms with E-state index in [0.717, 1.165) is 4.70 Å². The number of carbonyl (C=O) groups excluding carboxylic acids is 2. The van der Waals surface area contributed by atoms with E-state index in [-0.39, 0.29) is 24.2 Å². The Kier molecular flexibility index (Phi) is 5.11. The lowest BCUT2D eigenvalue weighted by Crippen LogP contribution is -2.54. The summed E-state index contributed by atoms with van der Waals surface area (Å²) in [7, 11) is 0. The summed E-state index contributed by atoms with van der Waals surface area (Å²) >= 11 is 1.27. The van der Waals surface area contributed by atoms with Gasteiger partial charge in [-0.2, -0.15) is 0 Å². The third kappa shape index (κ3) is 3.45. The number of nitrogens with zero attached hydrogens (tertiary/aromatic N) is 2. The molecule has 0 spiro atoms. The topological polar surface area (TPSA) is 59.1 Å². The molecule has 8 heteroatoms. The normalized spacial score (nSPS) is 18.6. The molecule has 160 valence electrons. The van der Waals surface area contributed by atoms with E-state index in [4.69, 9.17) is 9.47 Å². The number of hydrogen-bond acceptors (Lipinski definition) is 5. The Morgan fingerprint density at radius 1 is 1.10 bits per heavy atom. The first-order valence-electron chi connectivity index (χ1n) is 10.2. The summed E-state index contributed by atoms with van der Waals surface area (Å²) in [5.74, 6) is -0.268. The molecule has 3 aromatic rings. The van der Waals surface area contributed by atoms with Crippen LogP contribution in [0.15, 0.2) is 42.5 Å². The molecule has 31 heavy (non-hydrogen) atoms. The zero-order valence-corrected chi connectivity index (χ0v) is 17.8. The van der Waals surface area contributed by atoms with Gasteiger partial charge in [0, 0.05) is 23.2 Å². The molecule has 3 heterocycles. The van der Waals surface area contributed by atoms with E-state index in [9.17, 15) is 14.0 Å². The highest BCUT2D eigenvalue weighted by molar-refractivity contribution is 7.21. The summed E-state index contributed by atoms with van der Waals surface area (Å²) in [6.45, 7) is 3.85. The molecule has 1 saturated heterocycles. The lowest BCUT2D eigenvalue weighted by Gasteiger charge is -2.37. The van der Waals surface area contributed by atoms with Crippen molar-refractivity contribution in [1.82, 2.24) is 4.90 Å². The number of amides is 2. The van der Waals surface area contributed by atoms with Crippen molar-refractivity contribution in [2.24, 2.45) is 0 Å². The summed E-state index contributed by atoms with van der Waals surface area (Å²) < 4.78 is 26.4. The minimum atomic E-state index is -0.802. The third-order valence-corrected chi connectivity index (χ3v) is 6.96. The number of halogens is 1. The number of anilines is 1. The van der Waals surface area contributed by atoms with Crippen molar-refractivity contribution < 1.29 is 23.5 Å². The Hall–Kier alpha value is -2.97. The fraction of sp³-hybridized carbons (Fsp3) is 0.304. The number of hydrogen-bond donors (Lipinski definition) is 0. The molecule has 5 rings (SSSR count). The fourth-order valence-electron chi connectivity index (χ4n) is 4.12. The summed E-state index contributed by atoms with van der Waals surface area (Å²) in [4.78, 5) is 30.5. The lowest BCUT2D eigenvalue weighted by atomic mass is 10.1. The van der Waals surface area contributed by atoms with Gasteiger partial charge in [-0.3, -0.25) is 14.5 Å². The maximum Gasteiger partial charge on any atom is 0.268 e. The lowest BCUT2D eigenvalue weighted by molar-refractivity contribution is -0.142. The van der Waals surface area contributed by atoms with Gasteiger partial charge in [-0.05, 0) is 36.8 Å². The largest absolute Gasteiger partial charge is 0.476 e. The van der Waals surface area contributed by atoms with Crippen LogP contribution in [0.3, 0.4) is 0 Å². The summed E-state index contributed by atoms with van der Waals surface area (Å²) in [5, 5.41) is 0.471. The predicted octanol–water partition coefficient (Wildman–Crippen LogP) is 3.62. The number of para-hydroxylation sites is 2. The molecule has 2 aromatic carbocycles. The SMILES string of the molecule is Cc1c(C(=O)N2CC(C(=O)N3CCOCC3)Oc3ccccc32)sc2cccc(F)c12. The highest BCUT2D eigenvalue weighted by atomic mass is 32.1. The molecular weight excluding hydrogens is 419 g/mol. The molecular formula is C23H21FN2O4S. The van der Waals surface area contributed by atoms with E-state index < -0.39 is 6.10 Å². The van der Waals surface area contributed by atoms with E-state index >= 15 is 0 Å². The van der Waals surface area contributed by atoms with Crippen LogP contribution in [0.5, 0.6) is 5.75 Å². The molecule has 0 bridgehead atoms. The Morgan fingerprint density at radius 2 is 1.87 bits per heavy atom. The van der Waals surface area contributed by atoms with Crippen molar-refractivity contribution in [2.45, 2.75) is 13.0 Å². The van der Waals surface area contributed by atoms with Crippen LogP contribution in [0, 0.1) is 12.7 Å². The van der Waals surface area contributed by atoms with E-state index in [2.05, 4.69) is 0 Å². The molecule has 2 aliphatic heterocycles. The van der Waals surface area contributed by atoms with Crippen LogP contribution >= 0.6 is 11.3 Å². The quantitative estimate of drug-likeness (QED) is 0.611. The summed E-state index contributed by atoms with van der Waals surface area (Å²) in [6.07, 6.45) is -0.802. The first kappa shape index (κ1) is 20.0. The van der Waals surface area contributed by atoms with Crippen molar-refractivity contribution >= 4 is 38.9 Å². The molecule has 1 fully saturated rings. The van der Waals surface area contributed by atoms with E-state index in [1.807, 2.05) is 18.2 Å². The average molecular weight is 440 g/mol. The second kappa shape index (κ2) is 7.94. The first-order chi connectivity index (χ1) is 15.0. The first-order valence-corrected chi connectivity index (χ1v) is 11.0. The van der Waals surface area contributed by atoms with Crippen LogP contribution in [0.25, 0.3) is 10.1 Å². The molecule has 1 aromatic heterocycles. The van der Waals surface area contributed by atoms with Crippen molar-refractivity contribution in [3.63, 3.8) is 0 Å². The van der Waals surface area contributed by atoms with Gasteiger partial charge in [0.05, 0.1) is 30.3 Å². The van der Waals surface area contributed by atoms with Crippen LogP contribution in [-0.4, -0.2) is 55.7 Å². The fourth-order valence-corrected chi connectivity index (χ4v) is 5.29. The van der Waals surface area contributed by atoms with Gasteiger partial charge >= 0.3 is 0 Å².